The zero-order chi connectivity index (χ0) is 15.0. The Balaban J connectivity index is 1.82. The van der Waals surface area contributed by atoms with Gasteiger partial charge in [0, 0.05) is 0 Å². The third kappa shape index (κ3) is 2.29. The number of anilines is 1. The third-order valence-electron chi connectivity index (χ3n) is 3.86. The Morgan fingerprint density at radius 2 is 1.76 bits per heavy atom. The number of carbonyl (C=O) groups excluding carboxylic acids is 2. The van der Waals surface area contributed by atoms with Gasteiger partial charge in [-0.1, -0.05) is 18.2 Å². The number of hydrazine groups is 1. The minimum absolute atomic E-state index is 0.0955. The van der Waals surface area contributed by atoms with Crippen LogP contribution in [0.2, 0.25) is 0 Å². The van der Waals surface area contributed by atoms with Gasteiger partial charge in [0.15, 0.2) is 0 Å². The molecule has 2 aliphatic rings. The van der Waals surface area contributed by atoms with Crippen molar-refractivity contribution in [2.45, 2.75) is 12.8 Å². The first-order valence-electron chi connectivity index (χ1n) is 6.71. The molecule has 1 saturated heterocycles. The van der Waals surface area contributed by atoms with Gasteiger partial charge < -0.3 is 5.11 Å². The highest BCUT2D eigenvalue weighted by atomic mass is 16.4. The van der Waals surface area contributed by atoms with Gasteiger partial charge in [0.1, 0.15) is 0 Å². The van der Waals surface area contributed by atoms with Crippen molar-refractivity contribution in [1.82, 2.24) is 5.01 Å². The smallest absolute Gasteiger partial charge is 0.335 e. The Morgan fingerprint density at radius 3 is 2.33 bits per heavy atom. The summed E-state index contributed by atoms with van der Waals surface area (Å²) in [4.78, 5) is 35.5. The molecule has 0 unspecified atom stereocenters. The number of hydrogen-bond donors (Lipinski definition) is 2. The molecule has 0 radical (unpaired) electrons. The molecule has 0 spiro atoms. The van der Waals surface area contributed by atoms with Crippen molar-refractivity contribution in [3.8, 4) is 0 Å². The lowest BCUT2D eigenvalue weighted by Crippen LogP contribution is -2.36. The average molecular weight is 286 g/mol. The van der Waals surface area contributed by atoms with E-state index < -0.39 is 5.97 Å². The summed E-state index contributed by atoms with van der Waals surface area (Å²) in [6.45, 7) is 0. The number of nitrogens with zero attached hydrogens (tertiary/aromatic N) is 1. The van der Waals surface area contributed by atoms with E-state index in [0.29, 0.717) is 18.5 Å². The van der Waals surface area contributed by atoms with Gasteiger partial charge in [-0.3, -0.25) is 15.0 Å². The number of rotatable bonds is 3. The van der Waals surface area contributed by atoms with Gasteiger partial charge in [-0.2, -0.15) is 5.01 Å². The maximum Gasteiger partial charge on any atom is 0.335 e. The van der Waals surface area contributed by atoms with E-state index in [1.807, 2.05) is 12.2 Å². The number of allylic oxidation sites excluding steroid dienone is 2. The quantitative estimate of drug-likeness (QED) is 0.652. The highest BCUT2D eigenvalue weighted by molar-refractivity contribution is 6.06. The predicted octanol–water partition coefficient (Wildman–Crippen LogP) is 1.66. The first-order chi connectivity index (χ1) is 10.1. The van der Waals surface area contributed by atoms with Crippen molar-refractivity contribution >= 4 is 23.5 Å². The maximum absolute atomic E-state index is 12.3. The van der Waals surface area contributed by atoms with Gasteiger partial charge >= 0.3 is 5.97 Å². The fourth-order valence-corrected chi connectivity index (χ4v) is 2.76. The van der Waals surface area contributed by atoms with Gasteiger partial charge in [-0.25, -0.2) is 4.79 Å². The van der Waals surface area contributed by atoms with E-state index in [1.54, 1.807) is 12.1 Å². The summed E-state index contributed by atoms with van der Waals surface area (Å²) in [5.74, 6) is -2.18. The van der Waals surface area contributed by atoms with Crippen LogP contribution in [0.5, 0.6) is 0 Å². The molecule has 0 aromatic heterocycles. The minimum atomic E-state index is -1.06. The van der Waals surface area contributed by atoms with Crippen LogP contribution in [0.3, 0.4) is 0 Å². The SMILES string of the molecule is O=C(O)c1cccc(NN2C(=O)[C@H]3CC=CC[C@@H]3C2=O)c1. The number of hydrogen-bond acceptors (Lipinski definition) is 4. The predicted molar refractivity (Wildman–Crippen MR) is 74.2 cm³/mol. The van der Waals surface area contributed by atoms with Crippen LogP contribution in [-0.2, 0) is 9.59 Å². The van der Waals surface area contributed by atoms with E-state index in [2.05, 4.69) is 5.43 Å². The highest BCUT2D eigenvalue weighted by Crippen LogP contribution is 2.35. The van der Waals surface area contributed by atoms with Crippen LogP contribution in [0, 0.1) is 11.8 Å². The lowest BCUT2D eigenvalue weighted by atomic mass is 9.85. The Kier molecular flexibility index (Phi) is 3.21. The van der Waals surface area contributed by atoms with Crippen LogP contribution in [0.25, 0.3) is 0 Å². The normalized spacial score (nSPS) is 24.1. The summed E-state index contributed by atoms with van der Waals surface area (Å²) < 4.78 is 0. The summed E-state index contributed by atoms with van der Waals surface area (Å²) >= 11 is 0. The van der Waals surface area contributed by atoms with E-state index >= 15 is 0 Å². The molecule has 2 amide bonds. The van der Waals surface area contributed by atoms with Crippen molar-refractivity contribution in [1.29, 1.82) is 0 Å². The molecule has 21 heavy (non-hydrogen) atoms. The topological polar surface area (TPSA) is 86.7 Å². The second kappa shape index (κ2) is 5.05. The van der Waals surface area contributed by atoms with Crippen LogP contribution < -0.4 is 5.43 Å². The van der Waals surface area contributed by atoms with E-state index in [4.69, 9.17) is 5.11 Å². The molecule has 2 atom stereocenters. The fraction of sp³-hybridized carbons (Fsp3) is 0.267. The average Bonchev–Trinajstić information content (AvgIpc) is 2.73. The molecule has 1 fully saturated rings. The van der Waals surface area contributed by atoms with Crippen LogP contribution in [0.1, 0.15) is 23.2 Å². The molecule has 1 aromatic rings. The molecule has 6 heteroatoms. The van der Waals surface area contributed by atoms with Gasteiger partial charge in [-0.05, 0) is 31.0 Å². The first-order valence-corrected chi connectivity index (χ1v) is 6.71. The number of aromatic carboxylic acids is 1. The second-order valence-electron chi connectivity index (χ2n) is 5.17. The summed E-state index contributed by atoms with van der Waals surface area (Å²) in [6.07, 6.45) is 4.98. The lowest BCUT2D eigenvalue weighted by Gasteiger charge is -2.17. The number of benzene rings is 1. The molecular formula is C15H14N2O4. The van der Waals surface area contributed by atoms with E-state index in [0.717, 1.165) is 5.01 Å². The number of imide groups is 1. The molecule has 0 saturated carbocycles. The number of fused-ring (bicyclic) bond motifs is 1. The molecule has 1 heterocycles. The van der Waals surface area contributed by atoms with Crippen molar-refractivity contribution in [2.75, 3.05) is 5.43 Å². The van der Waals surface area contributed by atoms with Gasteiger partial charge in [-0.15, -0.1) is 0 Å². The molecule has 6 nitrogen and oxygen atoms in total. The molecule has 0 bridgehead atoms. The number of carboxylic acids is 1. The Morgan fingerprint density at radius 1 is 1.14 bits per heavy atom. The molecule has 3 rings (SSSR count). The zero-order valence-electron chi connectivity index (χ0n) is 11.2. The Labute approximate surface area is 121 Å². The molecule has 108 valence electrons. The molecule has 1 aliphatic carbocycles. The molecule has 2 N–H and O–H groups in total. The van der Waals surface area contributed by atoms with Crippen molar-refractivity contribution in [3.05, 3.63) is 42.0 Å². The number of nitrogens with one attached hydrogen (secondary N) is 1. The van der Waals surface area contributed by atoms with Crippen molar-refractivity contribution in [2.24, 2.45) is 11.8 Å². The van der Waals surface area contributed by atoms with Gasteiger partial charge in [0.25, 0.3) is 11.8 Å². The van der Waals surface area contributed by atoms with Crippen LogP contribution in [0.4, 0.5) is 5.69 Å². The summed E-state index contributed by atoms with van der Waals surface area (Å²) in [5, 5.41) is 9.98. The van der Waals surface area contributed by atoms with Crippen LogP contribution >= 0.6 is 0 Å². The van der Waals surface area contributed by atoms with E-state index in [-0.39, 0.29) is 29.2 Å². The number of carbonyl (C=O) groups is 3. The Hall–Kier alpha value is -2.63. The largest absolute Gasteiger partial charge is 0.478 e. The highest BCUT2D eigenvalue weighted by Gasteiger charge is 2.47. The Bertz CT molecular complexity index is 627. The summed E-state index contributed by atoms with van der Waals surface area (Å²) in [6, 6.07) is 6.02. The van der Waals surface area contributed by atoms with E-state index in [9.17, 15) is 14.4 Å². The third-order valence-corrected chi connectivity index (χ3v) is 3.86. The summed E-state index contributed by atoms with van der Waals surface area (Å²) in [7, 11) is 0. The number of amides is 2. The monoisotopic (exact) mass is 286 g/mol. The minimum Gasteiger partial charge on any atom is -0.478 e. The summed E-state index contributed by atoms with van der Waals surface area (Å²) in [5.41, 5.74) is 3.24. The van der Waals surface area contributed by atoms with Crippen LogP contribution in [-0.4, -0.2) is 27.9 Å². The van der Waals surface area contributed by atoms with Crippen molar-refractivity contribution < 1.29 is 19.5 Å². The van der Waals surface area contributed by atoms with Crippen LogP contribution in [0.15, 0.2) is 36.4 Å². The molecule has 1 aliphatic heterocycles. The number of carboxylic acid groups (broad SMARTS) is 1. The van der Waals surface area contributed by atoms with Gasteiger partial charge in [0.2, 0.25) is 0 Å². The maximum atomic E-state index is 12.3. The molecule has 1 aromatic carbocycles. The zero-order valence-corrected chi connectivity index (χ0v) is 11.2. The fourth-order valence-electron chi connectivity index (χ4n) is 2.76. The second-order valence-corrected chi connectivity index (χ2v) is 5.17. The first kappa shape index (κ1) is 13.4. The lowest BCUT2D eigenvalue weighted by molar-refractivity contribution is -0.138. The van der Waals surface area contributed by atoms with E-state index in [1.165, 1.54) is 12.1 Å². The van der Waals surface area contributed by atoms with Crippen molar-refractivity contribution in [3.63, 3.8) is 0 Å². The standard InChI is InChI=1S/C15H14N2O4/c18-13-11-6-1-2-7-12(11)14(19)17(13)16-10-5-3-4-9(8-10)15(20)21/h1-5,8,11-12,16H,6-7H2,(H,20,21)/t11-,12-/m0/s1. The molecular weight excluding hydrogens is 272 g/mol. The van der Waals surface area contributed by atoms with Gasteiger partial charge in [0.05, 0.1) is 23.1 Å².